The van der Waals surface area contributed by atoms with Gasteiger partial charge in [0.05, 0.1) is 6.54 Å². The lowest BCUT2D eigenvalue weighted by atomic mass is 9.85. The Morgan fingerprint density at radius 3 is 2.40 bits per heavy atom. The van der Waals surface area contributed by atoms with Crippen molar-refractivity contribution in [2.75, 3.05) is 39.3 Å². The quantitative estimate of drug-likeness (QED) is 0.826. The van der Waals surface area contributed by atoms with Gasteiger partial charge in [-0.25, -0.2) is 0 Å². The van der Waals surface area contributed by atoms with Crippen LogP contribution in [0.1, 0.15) is 51.9 Å². The monoisotopic (exact) mass is 350 g/mol. The number of likely N-dealkylation sites (tertiary alicyclic amines) is 1. The lowest BCUT2D eigenvalue weighted by Gasteiger charge is -2.39. The summed E-state index contributed by atoms with van der Waals surface area (Å²) in [4.78, 5) is 31.5. The van der Waals surface area contributed by atoms with Crippen molar-refractivity contribution in [2.45, 2.75) is 64.0 Å². The molecule has 2 N–H and O–H groups in total. The Balaban J connectivity index is 1.43. The van der Waals surface area contributed by atoms with E-state index >= 15 is 0 Å². The largest absolute Gasteiger partial charge is 0.340 e. The van der Waals surface area contributed by atoms with Crippen LogP contribution in [0.4, 0.5) is 0 Å². The highest BCUT2D eigenvalue weighted by molar-refractivity contribution is 5.80. The zero-order valence-electron chi connectivity index (χ0n) is 15.7. The Bertz CT molecular complexity index is 476. The van der Waals surface area contributed by atoms with Crippen molar-refractivity contribution in [2.24, 2.45) is 11.7 Å². The van der Waals surface area contributed by atoms with E-state index in [-0.39, 0.29) is 23.8 Å². The smallest absolute Gasteiger partial charge is 0.236 e. The third-order valence-corrected chi connectivity index (χ3v) is 6.23. The van der Waals surface area contributed by atoms with Crippen molar-refractivity contribution in [3.8, 4) is 0 Å². The second kappa shape index (κ2) is 8.49. The van der Waals surface area contributed by atoms with Gasteiger partial charge in [0.1, 0.15) is 0 Å². The molecule has 0 aromatic carbocycles. The number of hydrogen-bond donors (Lipinski definition) is 1. The van der Waals surface area contributed by atoms with Crippen LogP contribution in [-0.4, -0.2) is 77.9 Å². The summed E-state index contributed by atoms with van der Waals surface area (Å²) >= 11 is 0. The molecule has 2 saturated heterocycles. The lowest BCUT2D eigenvalue weighted by Crippen LogP contribution is -2.54. The molecule has 2 heterocycles. The van der Waals surface area contributed by atoms with Crippen molar-refractivity contribution >= 4 is 11.8 Å². The van der Waals surface area contributed by atoms with Crippen molar-refractivity contribution in [1.82, 2.24) is 14.7 Å². The lowest BCUT2D eigenvalue weighted by molar-refractivity contribution is -0.140. The van der Waals surface area contributed by atoms with Gasteiger partial charge in [0, 0.05) is 50.7 Å². The molecule has 3 unspecified atom stereocenters. The number of carbonyl (C=O) groups is 2. The van der Waals surface area contributed by atoms with E-state index in [2.05, 4.69) is 11.8 Å². The maximum atomic E-state index is 12.7. The summed E-state index contributed by atoms with van der Waals surface area (Å²) in [6.07, 6.45) is 7.42. The van der Waals surface area contributed by atoms with Gasteiger partial charge in [0.2, 0.25) is 11.8 Å². The van der Waals surface area contributed by atoms with Crippen molar-refractivity contribution < 1.29 is 9.59 Å². The van der Waals surface area contributed by atoms with Crippen LogP contribution in [0.25, 0.3) is 0 Å². The first-order valence-corrected chi connectivity index (χ1v) is 10.1. The van der Waals surface area contributed by atoms with Crippen LogP contribution in [0.3, 0.4) is 0 Å². The van der Waals surface area contributed by atoms with Gasteiger partial charge in [0.25, 0.3) is 0 Å². The van der Waals surface area contributed by atoms with E-state index in [1.165, 1.54) is 6.42 Å². The summed E-state index contributed by atoms with van der Waals surface area (Å²) in [7, 11) is 0. The van der Waals surface area contributed by atoms with Crippen LogP contribution >= 0.6 is 0 Å². The van der Waals surface area contributed by atoms with Crippen LogP contribution in [0.5, 0.6) is 0 Å². The van der Waals surface area contributed by atoms with Crippen LogP contribution in [0.2, 0.25) is 0 Å². The van der Waals surface area contributed by atoms with Crippen LogP contribution in [-0.2, 0) is 9.59 Å². The van der Waals surface area contributed by atoms with Gasteiger partial charge in [-0.1, -0.05) is 6.42 Å². The molecule has 3 atom stereocenters. The summed E-state index contributed by atoms with van der Waals surface area (Å²) in [6, 6.07) is 0.563. The molecule has 142 valence electrons. The van der Waals surface area contributed by atoms with E-state index in [4.69, 9.17) is 5.73 Å². The van der Waals surface area contributed by atoms with Crippen LogP contribution < -0.4 is 5.73 Å². The van der Waals surface area contributed by atoms with Gasteiger partial charge in [-0.05, 0) is 45.4 Å². The first kappa shape index (κ1) is 18.6. The van der Waals surface area contributed by atoms with Gasteiger partial charge < -0.3 is 15.5 Å². The number of nitrogens with zero attached hydrogens (tertiary/aromatic N) is 3. The fourth-order valence-electron chi connectivity index (χ4n) is 4.59. The minimum absolute atomic E-state index is 0.117. The number of rotatable bonds is 3. The van der Waals surface area contributed by atoms with Gasteiger partial charge in [-0.3, -0.25) is 14.5 Å². The zero-order chi connectivity index (χ0) is 17.8. The molecule has 2 amide bonds. The van der Waals surface area contributed by atoms with Gasteiger partial charge >= 0.3 is 0 Å². The Morgan fingerprint density at radius 2 is 1.72 bits per heavy atom. The average molecular weight is 351 g/mol. The molecule has 3 aliphatic rings. The summed E-state index contributed by atoms with van der Waals surface area (Å²) in [5.41, 5.74) is 6.03. The first-order valence-electron chi connectivity index (χ1n) is 10.1. The summed E-state index contributed by atoms with van der Waals surface area (Å²) in [6.45, 7) is 6.65. The van der Waals surface area contributed by atoms with Gasteiger partial charge in [-0.2, -0.15) is 0 Å². The van der Waals surface area contributed by atoms with Crippen molar-refractivity contribution in [1.29, 1.82) is 0 Å². The Kier molecular flexibility index (Phi) is 6.34. The molecule has 0 aromatic rings. The highest BCUT2D eigenvalue weighted by Crippen LogP contribution is 2.25. The first-order chi connectivity index (χ1) is 12.0. The number of hydrogen-bond acceptors (Lipinski definition) is 4. The molecule has 1 saturated carbocycles. The second-order valence-electron chi connectivity index (χ2n) is 8.16. The third kappa shape index (κ3) is 4.73. The number of amides is 2. The Labute approximate surface area is 151 Å². The normalized spacial score (nSPS) is 31.8. The molecule has 6 nitrogen and oxygen atoms in total. The van der Waals surface area contributed by atoms with Gasteiger partial charge in [0.15, 0.2) is 0 Å². The predicted molar refractivity (Wildman–Crippen MR) is 98.0 cm³/mol. The topological polar surface area (TPSA) is 69.9 Å². The molecular formula is C19H34N4O2. The summed E-state index contributed by atoms with van der Waals surface area (Å²) in [5.74, 6) is 0.655. The molecule has 3 fully saturated rings. The number of piperazine rings is 1. The summed E-state index contributed by atoms with van der Waals surface area (Å²) < 4.78 is 0. The zero-order valence-corrected chi connectivity index (χ0v) is 15.7. The highest BCUT2D eigenvalue weighted by atomic mass is 16.2. The highest BCUT2D eigenvalue weighted by Gasteiger charge is 2.32. The fraction of sp³-hybridized carbons (Fsp3) is 0.895. The number of carbonyl (C=O) groups excluding carboxylic acids is 2. The molecule has 1 aliphatic carbocycles. The summed E-state index contributed by atoms with van der Waals surface area (Å²) in [5, 5.41) is 0. The standard InChI is InChI=1S/C19H34N4O2/c1-15-5-2-3-8-23(15)18(24)14-21-9-11-22(12-10-21)19(25)16-6-4-7-17(20)13-16/h15-17H,2-14,20H2,1H3. The number of piperidine rings is 1. The van der Waals surface area contributed by atoms with Crippen molar-refractivity contribution in [3.63, 3.8) is 0 Å². The molecule has 2 aliphatic heterocycles. The van der Waals surface area contributed by atoms with Crippen LogP contribution in [0, 0.1) is 5.92 Å². The molecule has 25 heavy (non-hydrogen) atoms. The fourth-order valence-corrected chi connectivity index (χ4v) is 4.59. The number of nitrogens with two attached hydrogens (primary N) is 1. The molecule has 3 rings (SSSR count). The third-order valence-electron chi connectivity index (χ3n) is 6.23. The predicted octanol–water partition coefficient (Wildman–Crippen LogP) is 1.05. The Hall–Kier alpha value is -1.14. The molecular weight excluding hydrogens is 316 g/mol. The maximum absolute atomic E-state index is 12.7. The SMILES string of the molecule is CC1CCCCN1C(=O)CN1CCN(C(=O)C2CCCC(N)C2)CC1. The molecule has 6 heteroatoms. The van der Waals surface area contributed by atoms with Gasteiger partial charge in [-0.15, -0.1) is 0 Å². The minimum Gasteiger partial charge on any atom is -0.340 e. The van der Waals surface area contributed by atoms with E-state index < -0.39 is 0 Å². The average Bonchev–Trinajstić information content (AvgIpc) is 2.62. The van der Waals surface area contributed by atoms with E-state index in [9.17, 15) is 9.59 Å². The maximum Gasteiger partial charge on any atom is 0.236 e. The molecule has 0 bridgehead atoms. The van der Waals surface area contributed by atoms with E-state index in [1.54, 1.807) is 0 Å². The van der Waals surface area contributed by atoms with E-state index in [1.807, 2.05) is 9.80 Å². The van der Waals surface area contributed by atoms with E-state index in [0.29, 0.717) is 12.6 Å². The molecule has 0 spiro atoms. The molecule has 0 radical (unpaired) electrons. The van der Waals surface area contributed by atoms with Crippen LogP contribution in [0.15, 0.2) is 0 Å². The second-order valence-corrected chi connectivity index (χ2v) is 8.16. The Morgan fingerprint density at radius 1 is 0.960 bits per heavy atom. The molecule has 0 aromatic heterocycles. The van der Waals surface area contributed by atoms with E-state index in [0.717, 1.165) is 71.2 Å². The van der Waals surface area contributed by atoms with Crippen molar-refractivity contribution in [3.05, 3.63) is 0 Å². The minimum atomic E-state index is 0.117.